The van der Waals surface area contributed by atoms with Crippen LogP contribution in [-0.2, 0) is 17.8 Å². The van der Waals surface area contributed by atoms with Crippen molar-refractivity contribution in [3.63, 3.8) is 0 Å². The van der Waals surface area contributed by atoms with E-state index in [1.165, 1.54) is 17.6 Å². The molecule has 0 aromatic carbocycles. The Morgan fingerprint density at radius 1 is 1.53 bits per heavy atom. The normalized spacial score (nSPS) is 14.4. The van der Waals surface area contributed by atoms with Crippen molar-refractivity contribution in [3.05, 3.63) is 34.7 Å². The molecule has 0 fully saturated rings. The molecule has 5 nitrogen and oxygen atoms in total. The van der Waals surface area contributed by atoms with E-state index >= 15 is 0 Å². The van der Waals surface area contributed by atoms with Gasteiger partial charge < -0.3 is 9.15 Å². The summed E-state index contributed by atoms with van der Waals surface area (Å²) in [6.07, 6.45) is 2.28. The molecule has 0 radical (unpaired) electrons. The number of aromatic nitrogens is 1. The highest BCUT2D eigenvalue weighted by molar-refractivity contribution is 7.15. The molecule has 0 spiro atoms. The van der Waals surface area contributed by atoms with Crippen LogP contribution in [0.4, 0.5) is 5.13 Å². The topological polar surface area (TPSA) is 64.4 Å². The Hall–Kier alpha value is -1.66. The Labute approximate surface area is 101 Å². The molecule has 2 aromatic heterocycles. The molecule has 1 aliphatic heterocycles. The van der Waals surface area contributed by atoms with Gasteiger partial charge in [0.05, 0.1) is 30.0 Å². The Morgan fingerprint density at radius 2 is 2.47 bits per heavy atom. The maximum atomic E-state index is 11.7. The number of hydrogen-bond donors (Lipinski definition) is 1. The number of carbonyl (C=O) groups is 1. The van der Waals surface area contributed by atoms with Crippen molar-refractivity contribution in [3.8, 4) is 0 Å². The third kappa shape index (κ3) is 2.09. The zero-order chi connectivity index (χ0) is 11.7. The van der Waals surface area contributed by atoms with Gasteiger partial charge in [-0.05, 0) is 12.1 Å². The van der Waals surface area contributed by atoms with Gasteiger partial charge in [0.15, 0.2) is 10.9 Å². The third-order valence-electron chi connectivity index (χ3n) is 2.46. The van der Waals surface area contributed by atoms with Crippen molar-refractivity contribution < 1.29 is 13.9 Å². The lowest BCUT2D eigenvalue weighted by atomic mass is 10.2. The summed E-state index contributed by atoms with van der Waals surface area (Å²) in [6, 6.07) is 3.29. The Kier molecular flexibility index (Phi) is 2.66. The minimum absolute atomic E-state index is 0.276. The van der Waals surface area contributed by atoms with Gasteiger partial charge in [0.25, 0.3) is 5.91 Å². The second kappa shape index (κ2) is 4.31. The predicted octanol–water partition coefficient (Wildman–Crippen LogP) is 2.06. The Bertz CT molecular complexity index is 509. The van der Waals surface area contributed by atoms with E-state index in [0.717, 1.165) is 17.0 Å². The number of carbonyl (C=O) groups excluding carboxylic acids is 1. The summed E-state index contributed by atoms with van der Waals surface area (Å²) in [7, 11) is 0. The lowest BCUT2D eigenvalue weighted by Gasteiger charge is -2.08. The number of nitrogens with one attached hydrogen (secondary N) is 1. The number of furan rings is 1. The summed E-state index contributed by atoms with van der Waals surface area (Å²) in [6.45, 7) is 1.28. The van der Waals surface area contributed by atoms with E-state index in [-0.39, 0.29) is 11.7 Å². The molecule has 1 aliphatic rings. The molecule has 0 aliphatic carbocycles. The Balaban J connectivity index is 1.77. The van der Waals surface area contributed by atoms with E-state index in [1.54, 1.807) is 12.1 Å². The molecule has 2 aromatic rings. The lowest BCUT2D eigenvalue weighted by molar-refractivity contribution is 0.0996. The largest absolute Gasteiger partial charge is 0.459 e. The van der Waals surface area contributed by atoms with E-state index in [2.05, 4.69) is 10.3 Å². The number of nitrogens with zero attached hydrogens (tertiary/aromatic N) is 1. The zero-order valence-electron chi connectivity index (χ0n) is 8.93. The SMILES string of the molecule is O=C(Nc1nc2c(s1)COCC2)c1ccco1. The van der Waals surface area contributed by atoms with E-state index in [9.17, 15) is 4.79 Å². The number of fused-ring (bicyclic) bond motifs is 1. The molecule has 17 heavy (non-hydrogen) atoms. The van der Waals surface area contributed by atoms with Gasteiger partial charge in [-0.1, -0.05) is 11.3 Å². The first kappa shape index (κ1) is 10.5. The van der Waals surface area contributed by atoms with Gasteiger partial charge in [-0.25, -0.2) is 4.98 Å². The highest BCUT2D eigenvalue weighted by Crippen LogP contribution is 2.27. The second-order valence-corrected chi connectivity index (χ2v) is 4.71. The van der Waals surface area contributed by atoms with Gasteiger partial charge in [-0.2, -0.15) is 0 Å². The van der Waals surface area contributed by atoms with E-state index in [0.29, 0.717) is 18.3 Å². The summed E-state index contributed by atoms with van der Waals surface area (Å²) < 4.78 is 10.3. The fourth-order valence-electron chi connectivity index (χ4n) is 1.65. The lowest BCUT2D eigenvalue weighted by Crippen LogP contribution is -2.11. The smallest absolute Gasteiger partial charge is 0.293 e. The number of ether oxygens (including phenoxy) is 1. The van der Waals surface area contributed by atoms with Crippen LogP contribution in [0.25, 0.3) is 0 Å². The van der Waals surface area contributed by atoms with Gasteiger partial charge >= 0.3 is 0 Å². The van der Waals surface area contributed by atoms with Crippen LogP contribution in [0.15, 0.2) is 22.8 Å². The minimum Gasteiger partial charge on any atom is -0.459 e. The van der Waals surface area contributed by atoms with Crippen LogP contribution in [0.5, 0.6) is 0 Å². The highest BCUT2D eigenvalue weighted by atomic mass is 32.1. The number of anilines is 1. The molecule has 0 saturated heterocycles. The van der Waals surface area contributed by atoms with Crippen LogP contribution in [0, 0.1) is 0 Å². The van der Waals surface area contributed by atoms with Crippen LogP contribution in [-0.4, -0.2) is 17.5 Å². The highest BCUT2D eigenvalue weighted by Gasteiger charge is 2.17. The number of hydrogen-bond acceptors (Lipinski definition) is 5. The van der Waals surface area contributed by atoms with Crippen LogP contribution in [0.3, 0.4) is 0 Å². The first-order valence-electron chi connectivity index (χ1n) is 5.24. The zero-order valence-corrected chi connectivity index (χ0v) is 9.75. The van der Waals surface area contributed by atoms with Crippen molar-refractivity contribution in [1.82, 2.24) is 4.98 Å². The molecular formula is C11H10N2O3S. The average Bonchev–Trinajstić information content (AvgIpc) is 2.97. The molecule has 0 bridgehead atoms. The van der Waals surface area contributed by atoms with Crippen LogP contribution < -0.4 is 5.32 Å². The average molecular weight is 250 g/mol. The summed E-state index contributed by atoms with van der Waals surface area (Å²) in [5.41, 5.74) is 1.02. The minimum atomic E-state index is -0.276. The van der Waals surface area contributed by atoms with E-state index in [4.69, 9.17) is 9.15 Å². The van der Waals surface area contributed by atoms with Gasteiger partial charge in [-0.3, -0.25) is 10.1 Å². The van der Waals surface area contributed by atoms with Crippen molar-refractivity contribution in [2.45, 2.75) is 13.0 Å². The predicted molar refractivity (Wildman–Crippen MR) is 62.1 cm³/mol. The van der Waals surface area contributed by atoms with E-state index in [1.807, 2.05) is 0 Å². The molecule has 1 amide bonds. The molecule has 3 rings (SSSR count). The summed E-state index contributed by atoms with van der Waals surface area (Å²) in [4.78, 5) is 17.2. The van der Waals surface area contributed by atoms with Gasteiger partial charge in [0, 0.05) is 6.42 Å². The molecule has 0 saturated carbocycles. The van der Waals surface area contributed by atoms with Crippen LogP contribution in [0.1, 0.15) is 21.1 Å². The monoisotopic (exact) mass is 250 g/mol. The molecule has 1 N–H and O–H groups in total. The van der Waals surface area contributed by atoms with Gasteiger partial charge in [0.2, 0.25) is 0 Å². The maximum absolute atomic E-state index is 11.7. The quantitative estimate of drug-likeness (QED) is 0.886. The first-order chi connectivity index (χ1) is 8.33. The summed E-state index contributed by atoms with van der Waals surface area (Å²) >= 11 is 1.45. The molecular weight excluding hydrogens is 240 g/mol. The fraction of sp³-hybridized carbons (Fsp3) is 0.273. The first-order valence-corrected chi connectivity index (χ1v) is 6.06. The van der Waals surface area contributed by atoms with Crippen LogP contribution in [0.2, 0.25) is 0 Å². The van der Waals surface area contributed by atoms with Crippen molar-refractivity contribution in [1.29, 1.82) is 0 Å². The van der Waals surface area contributed by atoms with Gasteiger partial charge in [0.1, 0.15) is 0 Å². The fourth-order valence-corrected chi connectivity index (χ4v) is 2.59. The number of amides is 1. The van der Waals surface area contributed by atoms with Crippen molar-refractivity contribution in [2.24, 2.45) is 0 Å². The molecule has 3 heterocycles. The summed E-state index contributed by atoms with van der Waals surface area (Å²) in [5.74, 6) is 0.0106. The number of thiazole rings is 1. The van der Waals surface area contributed by atoms with Crippen LogP contribution >= 0.6 is 11.3 Å². The summed E-state index contributed by atoms with van der Waals surface area (Å²) in [5, 5.41) is 3.32. The molecule has 88 valence electrons. The van der Waals surface area contributed by atoms with Crippen molar-refractivity contribution >= 4 is 22.4 Å². The standard InChI is InChI=1S/C11H10N2O3S/c14-10(8-2-1-4-16-8)13-11-12-7-3-5-15-6-9(7)17-11/h1-2,4H,3,5-6H2,(H,12,13,14). The Morgan fingerprint density at radius 3 is 3.24 bits per heavy atom. The molecule has 6 heteroatoms. The molecule has 0 unspecified atom stereocenters. The maximum Gasteiger partial charge on any atom is 0.293 e. The third-order valence-corrected chi connectivity index (χ3v) is 3.45. The van der Waals surface area contributed by atoms with Crippen molar-refractivity contribution in [2.75, 3.05) is 11.9 Å². The van der Waals surface area contributed by atoms with E-state index < -0.39 is 0 Å². The molecule has 0 atom stereocenters. The second-order valence-electron chi connectivity index (χ2n) is 3.62. The number of rotatable bonds is 2. The van der Waals surface area contributed by atoms with Gasteiger partial charge in [-0.15, -0.1) is 0 Å².